The number of esters is 1. The highest BCUT2D eigenvalue weighted by Crippen LogP contribution is 2.53. The fourth-order valence-electron chi connectivity index (χ4n) is 6.30. The standard InChI is InChI=1S/C29H26O9/c1-3-6-29(37)11-13-7-12-4-5-15-16(20(12)25(33)21(13)27(35)38-29)10-18-23(24(15)32)26(34)22-17(28(18,2)36)8-14(30)9-19(22)31/h7-10,30-33,36-37H,3-6,11H2,1-2H3. The van der Waals surface area contributed by atoms with E-state index >= 15 is 0 Å². The maximum Gasteiger partial charge on any atom is 0.344 e. The first-order chi connectivity index (χ1) is 17.9. The van der Waals surface area contributed by atoms with Gasteiger partial charge >= 0.3 is 5.97 Å². The molecule has 2 atom stereocenters. The van der Waals surface area contributed by atoms with Crippen LogP contribution in [0.1, 0.15) is 80.8 Å². The van der Waals surface area contributed by atoms with E-state index in [2.05, 4.69) is 0 Å². The lowest BCUT2D eigenvalue weighted by Crippen LogP contribution is -2.41. The van der Waals surface area contributed by atoms with Crippen molar-refractivity contribution in [1.29, 1.82) is 0 Å². The molecular formula is C29H26O9. The summed E-state index contributed by atoms with van der Waals surface area (Å²) in [6, 6.07) is 5.42. The first kappa shape index (κ1) is 24.3. The van der Waals surface area contributed by atoms with Crippen molar-refractivity contribution >= 4 is 11.8 Å². The van der Waals surface area contributed by atoms with Crippen LogP contribution in [-0.4, -0.2) is 48.2 Å². The molecule has 1 heterocycles. The number of hydrogen-bond donors (Lipinski definition) is 6. The predicted octanol–water partition coefficient (Wildman–Crippen LogP) is 3.28. The van der Waals surface area contributed by atoms with Crippen LogP contribution < -0.4 is 0 Å². The Hall–Kier alpha value is -4.08. The summed E-state index contributed by atoms with van der Waals surface area (Å²) in [7, 11) is 0. The van der Waals surface area contributed by atoms with Gasteiger partial charge in [-0.2, -0.15) is 0 Å². The van der Waals surface area contributed by atoms with E-state index in [9.17, 15) is 40.2 Å². The second kappa shape index (κ2) is 7.72. The fourth-order valence-corrected chi connectivity index (χ4v) is 6.30. The van der Waals surface area contributed by atoms with Crippen molar-refractivity contribution in [3.63, 3.8) is 0 Å². The zero-order valence-corrected chi connectivity index (χ0v) is 20.8. The second-order valence-corrected chi connectivity index (χ2v) is 10.5. The quantitative estimate of drug-likeness (QED) is 0.279. The summed E-state index contributed by atoms with van der Waals surface area (Å²) < 4.78 is 5.30. The number of cyclic esters (lactones) is 1. The maximum absolute atomic E-state index is 13.4. The average Bonchev–Trinajstić information content (AvgIpc) is 2.81. The van der Waals surface area contributed by atoms with E-state index in [-0.39, 0.29) is 63.5 Å². The minimum atomic E-state index is -1.90. The van der Waals surface area contributed by atoms with Gasteiger partial charge < -0.3 is 35.4 Å². The summed E-state index contributed by atoms with van der Waals surface area (Å²) in [6.45, 7) is 3.24. The number of phenolic OH excluding ortho intramolecular Hbond substituents is 4. The first-order valence-electron chi connectivity index (χ1n) is 12.4. The SMILES string of the molecule is CCCC1(O)Cc2cc3c(c(O)c2C(=O)O1)-c1cc2c(c(O)c1CC3)C(=O)c1c(O)cc(O)cc1C2(C)O. The number of ether oxygens (including phenoxy) is 1. The molecule has 2 unspecified atom stereocenters. The Morgan fingerprint density at radius 3 is 2.26 bits per heavy atom. The van der Waals surface area contributed by atoms with Crippen LogP contribution in [0.15, 0.2) is 24.3 Å². The average molecular weight is 519 g/mol. The number of aryl methyl sites for hydroxylation is 1. The molecular weight excluding hydrogens is 492 g/mol. The van der Waals surface area contributed by atoms with Crippen molar-refractivity contribution in [1.82, 2.24) is 0 Å². The number of carbonyl (C=O) groups excluding carboxylic acids is 2. The molecule has 0 aromatic heterocycles. The summed E-state index contributed by atoms with van der Waals surface area (Å²) in [4.78, 5) is 26.4. The number of benzene rings is 3. The normalized spacial score (nSPS) is 23.1. The lowest BCUT2D eigenvalue weighted by atomic mass is 9.71. The van der Waals surface area contributed by atoms with Crippen molar-refractivity contribution in [2.45, 2.75) is 57.3 Å². The van der Waals surface area contributed by atoms with Gasteiger partial charge in [-0.1, -0.05) is 13.0 Å². The van der Waals surface area contributed by atoms with Crippen molar-refractivity contribution in [2.24, 2.45) is 0 Å². The van der Waals surface area contributed by atoms with E-state index in [1.54, 1.807) is 6.07 Å². The fraction of sp³-hybridized carbons (Fsp3) is 0.310. The van der Waals surface area contributed by atoms with E-state index in [1.807, 2.05) is 6.92 Å². The van der Waals surface area contributed by atoms with E-state index in [4.69, 9.17) is 4.74 Å². The molecule has 3 aromatic rings. The van der Waals surface area contributed by atoms with Gasteiger partial charge in [0.25, 0.3) is 0 Å². The first-order valence-corrected chi connectivity index (χ1v) is 12.4. The van der Waals surface area contributed by atoms with Gasteiger partial charge in [0.15, 0.2) is 0 Å². The van der Waals surface area contributed by atoms with E-state index < -0.39 is 28.9 Å². The van der Waals surface area contributed by atoms with Crippen molar-refractivity contribution in [3.8, 4) is 34.1 Å². The Balaban J connectivity index is 1.59. The molecule has 0 saturated carbocycles. The van der Waals surface area contributed by atoms with Gasteiger partial charge in [0.2, 0.25) is 11.6 Å². The Labute approximate surface area is 217 Å². The molecule has 3 aliphatic rings. The smallest absolute Gasteiger partial charge is 0.344 e. The highest BCUT2D eigenvalue weighted by atomic mass is 16.7. The highest BCUT2D eigenvalue weighted by Gasteiger charge is 2.45. The van der Waals surface area contributed by atoms with Gasteiger partial charge in [0.05, 0.1) is 11.1 Å². The van der Waals surface area contributed by atoms with E-state index in [0.717, 1.165) is 6.07 Å². The van der Waals surface area contributed by atoms with Crippen molar-refractivity contribution in [3.05, 3.63) is 68.8 Å². The molecule has 0 saturated heterocycles. The molecule has 6 N–H and O–H groups in total. The second-order valence-electron chi connectivity index (χ2n) is 10.5. The van der Waals surface area contributed by atoms with Crippen LogP contribution in [0.3, 0.4) is 0 Å². The molecule has 6 rings (SSSR count). The lowest BCUT2D eigenvalue weighted by Gasteiger charge is -2.36. The van der Waals surface area contributed by atoms with Crippen molar-refractivity contribution < 1.29 is 45.0 Å². The molecule has 1 aliphatic heterocycles. The molecule has 0 spiro atoms. The van der Waals surface area contributed by atoms with Crippen LogP contribution in [0, 0.1) is 0 Å². The summed E-state index contributed by atoms with van der Waals surface area (Å²) in [6.07, 6.45) is 1.53. The maximum atomic E-state index is 13.4. The Bertz CT molecular complexity index is 1600. The van der Waals surface area contributed by atoms with Gasteiger partial charge in [0.1, 0.15) is 34.2 Å². The van der Waals surface area contributed by atoms with E-state index in [0.29, 0.717) is 41.5 Å². The molecule has 0 fully saturated rings. The van der Waals surface area contributed by atoms with Crippen molar-refractivity contribution in [2.75, 3.05) is 0 Å². The zero-order valence-electron chi connectivity index (χ0n) is 20.8. The molecule has 2 aliphatic carbocycles. The van der Waals surface area contributed by atoms with Crippen LogP contribution in [0.2, 0.25) is 0 Å². The molecule has 0 bridgehead atoms. The Morgan fingerprint density at radius 1 is 0.842 bits per heavy atom. The van der Waals surface area contributed by atoms with Gasteiger partial charge in [0, 0.05) is 41.2 Å². The third-order valence-corrected chi connectivity index (χ3v) is 7.98. The van der Waals surface area contributed by atoms with Crippen LogP contribution >= 0.6 is 0 Å². The molecule has 38 heavy (non-hydrogen) atoms. The van der Waals surface area contributed by atoms with Gasteiger partial charge in [-0.3, -0.25) is 4.79 Å². The van der Waals surface area contributed by atoms with Crippen LogP contribution in [-0.2, 0) is 29.6 Å². The molecule has 196 valence electrons. The summed E-state index contributed by atoms with van der Waals surface area (Å²) >= 11 is 0. The molecule has 9 heteroatoms. The summed E-state index contributed by atoms with van der Waals surface area (Å²) in [5, 5.41) is 65.4. The predicted molar refractivity (Wildman–Crippen MR) is 133 cm³/mol. The van der Waals surface area contributed by atoms with Crippen LogP contribution in [0.5, 0.6) is 23.0 Å². The third-order valence-electron chi connectivity index (χ3n) is 7.98. The number of aliphatic hydroxyl groups is 2. The largest absolute Gasteiger partial charge is 0.508 e. The number of phenols is 4. The molecule has 0 amide bonds. The monoisotopic (exact) mass is 518 g/mol. The van der Waals surface area contributed by atoms with Crippen LogP contribution in [0.4, 0.5) is 0 Å². The number of aromatic hydroxyl groups is 4. The topological polar surface area (TPSA) is 165 Å². The summed E-state index contributed by atoms with van der Waals surface area (Å²) in [5.74, 6) is -4.85. The highest BCUT2D eigenvalue weighted by molar-refractivity contribution is 6.17. The van der Waals surface area contributed by atoms with Gasteiger partial charge in [-0.15, -0.1) is 0 Å². The number of fused-ring (bicyclic) bond motifs is 6. The summed E-state index contributed by atoms with van der Waals surface area (Å²) in [5.41, 5.74) is -0.268. The molecule has 9 nitrogen and oxygen atoms in total. The number of ketones is 1. The molecule has 3 aromatic carbocycles. The molecule has 0 radical (unpaired) electrons. The third kappa shape index (κ3) is 3.12. The zero-order chi connectivity index (χ0) is 27.3. The van der Waals surface area contributed by atoms with Crippen LogP contribution in [0.25, 0.3) is 11.1 Å². The lowest BCUT2D eigenvalue weighted by molar-refractivity contribution is -0.173. The van der Waals surface area contributed by atoms with Gasteiger partial charge in [-0.05, 0) is 55.0 Å². The number of rotatable bonds is 2. The minimum Gasteiger partial charge on any atom is -0.508 e. The van der Waals surface area contributed by atoms with Gasteiger partial charge in [-0.25, -0.2) is 4.79 Å². The Kier molecular flexibility index (Phi) is 4.93. The minimum absolute atomic E-state index is 0.0258. The number of carbonyl (C=O) groups is 2. The Morgan fingerprint density at radius 2 is 1.55 bits per heavy atom. The van der Waals surface area contributed by atoms with E-state index in [1.165, 1.54) is 19.1 Å². The number of hydrogen-bond acceptors (Lipinski definition) is 9.